The molecule has 2 aromatic heterocycles. The molecule has 0 bridgehead atoms. The van der Waals surface area contributed by atoms with E-state index in [-0.39, 0.29) is 6.04 Å². The zero-order chi connectivity index (χ0) is 12.3. The van der Waals surface area contributed by atoms with Gasteiger partial charge in [0.15, 0.2) is 0 Å². The topological polar surface area (TPSA) is 69.6 Å². The highest BCUT2D eigenvalue weighted by Crippen LogP contribution is 2.13. The lowest BCUT2D eigenvalue weighted by atomic mass is 10.1. The summed E-state index contributed by atoms with van der Waals surface area (Å²) in [5.74, 6) is 0.752. The Labute approximate surface area is 101 Å². The van der Waals surface area contributed by atoms with Crippen molar-refractivity contribution < 1.29 is 0 Å². The molecule has 90 valence electrons. The second-order valence-corrected chi connectivity index (χ2v) is 4.04. The normalized spacial score (nSPS) is 12.6. The lowest BCUT2D eigenvalue weighted by molar-refractivity contribution is 0.655. The predicted molar refractivity (Wildman–Crippen MR) is 65.3 cm³/mol. The molecule has 5 nitrogen and oxygen atoms in total. The smallest absolute Gasteiger partial charge is 0.125 e. The van der Waals surface area contributed by atoms with Gasteiger partial charge in [-0.25, -0.2) is 9.97 Å². The average Bonchev–Trinajstić information content (AvgIpc) is 2.77. The molecule has 0 aromatic carbocycles. The van der Waals surface area contributed by atoms with Gasteiger partial charge < -0.3 is 5.73 Å². The third-order valence-electron chi connectivity index (χ3n) is 2.64. The fourth-order valence-electron chi connectivity index (χ4n) is 1.72. The standard InChI is InChI=1S/C12H17N5/c1-3-17-8-10(7-15-17)6-11(13)12-4-5-14-9(2)16-12/h4-5,7-8,11H,3,6,13H2,1-2H3. The zero-order valence-corrected chi connectivity index (χ0v) is 10.2. The van der Waals surface area contributed by atoms with Crippen LogP contribution < -0.4 is 5.73 Å². The van der Waals surface area contributed by atoms with E-state index in [1.807, 2.05) is 30.1 Å². The molecule has 5 heteroatoms. The maximum absolute atomic E-state index is 6.12. The third kappa shape index (κ3) is 2.88. The van der Waals surface area contributed by atoms with Crippen LogP contribution in [0.25, 0.3) is 0 Å². The van der Waals surface area contributed by atoms with Gasteiger partial charge in [-0.3, -0.25) is 4.68 Å². The van der Waals surface area contributed by atoms with Gasteiger partial charge in [-0.15, -0.1) is 0 Å². The molecule has 0 saturated heterocycles. The molecule has 0 aliphatic heterocycles. The van der Waals surface area contributed by atoms with Gasteiger partial charge in [0.2, 0.25) is 0 Å². The maximum Gasteiger partial charge on any atom is 0.125 e. The number of aromatic nitrogens is 4. The SMILES string of the molecule is CCn1cc(CC(N)c2ccnc(C)n2)cn1. The van der Waals surface area contributed by atoms with E-state index in [0.29, 0.717) is 0 Å². The van der Waals surface area contributed by atoms with Gasteiger partial charge in [0.1, 0.15) is 5.82 Å². The van der Waals surface area contributed by atoms with Crippen molar-refractivity contribution in [3.63, 3.8) is 0 Å². The summed E-state index contributed by atoms with van der Waals surface area (Å²) >= 11 is 0. The molecular formula is C12H17N5. The van der Waals surface area contributed by atoms with Crippen molar-refractivity contribution in [2.45, 2.75) is 32.9 Å². The van der Waals surface area contributed by atoms with Gasteiger partial charge in [0.05, 0.1) is 17.9 Å². The summed E-state index contributed by atoms with van der Waals surface area (Å²) in [6, 6.07) is 1.76. The number of nitrogens with two attached hydrogens (primary N) is 1. The number of rotatable bonds is 4. The van der Waals surface area contributed by atoms with Crippen LogP contribution in [0, 0.1) is 6.92 Å². The van der Waals surface area contributed by atoms with Crippen LogP contribution >= 0.6 is 0 Å². The second-order valence-electron chi connectivity index (χ2n) is 4.04. The van der Waals surface area contributed by atoms with Crippen LogP contribution in [0.3, 0.4) is 0 Å². The Bertz CT molecular complexity index is 491. The van der Waals surface area contributed by atoms with Crippen LogP contribution in [0.5, 0.6) is 0 Å². The molecule has 0 radical (unpaired) electrons. The predicted octanol–water partition coefficient (Wildman–Crippen LogP) is 1.24. The molecule has 2 rings (SSSR count). The minimum Gasteiger partial charge on any atom is -0.322 e. The van der Waals surface area contributed by atoms with E-state index in [1.54, 1.807) is 6.20 Å². The first-order valence-corrected chi connectivity index (χ1v) is 5.75. The summed E-state index contributed by atoms with van der Waals surface area (Å²) in [4.78, 5) is 8.40. The Hall–Kier alpha value is -1.75. The monoisotopic (exact) mass is 231 g/mol. The molecule has 17 heavy (non-hydrogen) atoms. The van der Waals surface area contributed by atoms with Crippen molar-refractivity contribution in [2.75, 3.05) is 0 Å². The first-order chi connectivity index (χ1) is 8.19. The molecule has 0 amide bonds. The summed E-state index contributed by atoms with van der Waals surface area (Å²) in [6.07, 6.45) is 6.37. The van der Waals surface area contributed by atoms with Crippen molar-refractivity contribution in [3.8, 4) is 0 Å². The van der Waals surface area contributed by atoms with E-state index in [2.05, 4.69) is 22.0 Å². The largest absolute Gasteiger partial charge is 0.322 e. The van der Waals surface area contributed by atoms with E-state index in [9.17, 15) is 0 Å². The third-order valence-corrected chi connectivity index (χ3v) is 2.64. The second kappa shape index (κ2) is 5.05. The van der Waals surface area contributed by atoms with Crippen molar-refractivity contribution >= 4 is 0 Å². The lowest BCUT2D eigenvalue weighted by Crippen LogP contribution is -2.15. The summed E-state index contributed by atoms with van der Waals surface area (Å²) < 4.78 is 1.90. The molecule has 1 atom stereocenters. The van der Waals surface area contributed by atoms with Gasteiger partial charge in [-0.2, -0.15) is 5.10 Å². The van der Waals surface area contributed by atoms with Crippen molar-refractivity contribution in [3.05, 3.63) is 41.7 Å². The number of nitrogens with zero attached hydrogens (tertiary/aromatic N) is 4. The number of aryl methyl sites for hydroxylation is 2. The van der Waals surface area contributed by atoms with Crippen LogP contribution in [0.1, 0.15) is 30.0 Å². The van der Waals surface area contributed by atoms with E-state index < -0.39 is 0 Å². The number of hydrogen-bond acceptors (Lipinski definition) is 4. The Kier molecular flexibility index (Phi) is 3.49. The van der Waals surface area contributed by atoms with E-state index in [0.717, 1.165) is 30.0 Å². The van der Waals surface area contributed by atoms with Crippen molar-refractivity contribution in [2.24, 2.45) is 5.73 Å². The maximum atomic E-state index is 6.12. The minimum atomic E-state index is -0.105. The Morgan fingerprint density at radius 2 is 2.29 bits per heavy atom. The van der Waals surface area contributed by atoms with E-state index in [1.165, 1.54) is 0 Å². The molecule has 0 saturated carbocycles. The average molecular weight is 231 g/mol. The molecule has 0 aliphatic rings. The van der Waals surface area contributed by atoms with Crippen LogP contribution in [0.15, 0.2) is 24.7 Å². The van der Waals surface area contributed by atoms with Gasteiger partial charge in [-0.1, -0.05) is 0 Å². The van der Waals surface area contributed by atoms with Crippen LogP contribution in [0.2, 0.25) is 0 Å². The van der Waals surface area contributed by atoms with Gasteiger partial charge in [-0.05, 0) is 31.9 Å². The summed E-state index contributed by atoms with van der Waals surface area (Å²) in [5, 5.41) is 4.23. The first kappa shape index (κ1) is 11.7. The van der Waals surface area contributed by atoms with Crippen molar-refractivity contribution in [1.29, 1.82) is 0 Å². The first-order valence-electron chi connectivity index (χ1n) is 5.75. The van der Waals surface area contributed by atoms with Crippen LogP contribution in [-0.2, 0) is 13.0 Å². The molecule has 0 aliphatic carbocycles. The molecule has 1 unspecified atom stereocenters. The number of hydrogen-bond donors (Lipinski definition) is 1. The highest BCUT2D eigenvalue weighted by atomic mass is 15.3. The molecular weight excluding hydrogens is 214 g/mol. The fraction of sp³-hybridized carbons (Fsp3) is 0.417. The Morgan fingerprint density at radius 1 is 1.47 bits per heavy atom. The van der Waals surface area contributed by atoms with Gasteiger partial charge in [0.25, 0.3) is 0 Å². The zero-order valence-electron chi connectivity index (χ0n) is 10.2. The highest BCUT2D eigenvalue weighted by molar-refractivity contribution is 5.13. The molecule has 0 spiro atoms. The quantitative estimate of drug-likeness (QED) is 0.859. The fourth-order valence-corrected chi connectivity index (χ4v) is 1.72. The molecule has 0 fully saturated rings. The highest BCUT2D eigenvalue weighted by Gasteiger charge is 2.10. The van der Waals surface area contributed by atoms with Gasteiger partial charge in [0, 0.05) is 18.9 Å². The van der Waals surface area contributed by atoms with Crippen molar-refractivity contribution in [1.82, 2.24) is 19.7 Å². The minimum absolute atomic E-state index is 0.105. The van der Waals surface area contributed by atoms with Gasteiger partial charge >= 0.3 is 0 Å². The van der Waals surface area contributed by atoms with Crippen LogP contribution in [-0.4, -0.2) is 19.7 Å². The molecule has 2 N–H and O–H groups in total. The van der Waals surface area contributed by atoms with Crippen LogP contribution in [0.4, 0.5) is 0 Å². The Morgan fingerprint density at radius 3 is 2.94 bits per heavy atom. The van der Waals surface area contributed by atoms with E-state index >= 15 is 0 Å². The van der Waals surface area contributed by atoms with E-state index in [4.69, 9.17) is 5.73 Å². The lowest BCUT2D eigenvalue weighted by Gasteiger charge is -2.09. The molecule has 2 aromatic rings. The Balaban J connectivity index is 2.08. The summed E-state index contributed by atoms with van der Waals surface area (Å²) in [7, 11) is 0. The molecule has 2 heterocycles. The summed E-state index contributed by atoms with van der Waals surface area (Å²) in [5.41, 5.74) is 8.13. The summed E-state index contributed by atoms with van der Waals surface area (Å²) in [6.45, 7) is 4.80.